The van der Waals surface area contributed by atoms with Crippen LogP contribution >= 0.6 is 0 Å². The summed E-state index contributed by atoms with van der Waals surface area (Å²) >= 11 is 0. The number of nitrogens with zero attached hydrogens (tertiary/aromatic N) is 3. The van der Waals surface area contributed by atoms with E-state index < -0.39 is 11.4 Å². The quantitative estimate of drug-likeness (QED) is 0.853. The van der Waals surface area contributed by atoms with Crippen molar-refractivity contribution in [3.63, 3.8) is 0 Å². The monoisotopic (exact) mass is 297 g/mol. The highest BCUT2D eigenvalue weighted by Gasteiger charge is 2.44. The maximum Gasteiger partial charge on any atom is 0.320 e. The molecule has 0 radical (unpaired) electrons. The minimum atomic E-state index is -0.909. The largest absolute Gasteiger partial charge is 0.481 e. The smallest absolute Gasteiger partial charge is 0.320 e. The van der Waals surface area contributed by atoms with Gasteiger partial charge in [0.25, 0.3) is 0 Å². The summed E-state index contributed by atoms with van der Waals surface area (Å²) in [5.41, 5.74) is -0.809. The van der Waals surface area contributed by atoms with Crippen LogP contribution in [0.2, 0.25) is 0 Å². The molecule has 1 atom stereocenters. The normalized spacial score (nSPS) is 24.4. The molecule has 2 aliphatic heterocycles. The molecule has 0 bridgehead atoms. The van der Waals surface area contributed by atoms with Gasteiger partial charge in [-0.2, -0.15) is 0 Å². The Hall–Kier alpha value is -1.30. The Morgan fingerprint density at radius 2 is 1.81 bits per heavy atom. The Morgan fingerprint density at radius 3 is 2.33 bits per heavy atom. The van der Waals surface area contributed by atoms with Crippen molar-refractivity contribution in [2.75, 3.05) is 32.7 Å². The summed E-state index contributed by atoms with van der Waals surface area (Å²) in [6.07, 6.45) is 0. The molecular weight excluding hydrogens is 270 g/mol. The van der Waals surface area contributed by atoms with Crippen LogP contribution in [0.4, 0.5) is 4.79 Å². The number of fused-ring (bicyclic) bond motifs is 1. The summed E-state index contributed by atoms with van der Waals surface area (Å²) in [5, 5.41) is 9.24. The van der Waals surface area contributed by atoms with Gasteiger partial charge < -0.3 is 14.9 Å². The number of aliphatic carboxylic acids is 1. The number of hydrogen-bond donors (Lipinski definition) is 1. The van der Waals surface area contributed by atoms with Gasteiger partial charge in [0.2, 0.25) is 0 Å². The van der Waals surface area contributed by atoms with Gasteiger partial charge in [-0.3, -0.25) is 9.69 Å². The van der Waals surface area contributed by atoms with Crippen molar-refractivity contribution < 1.29 is 14.7 Å². The van der Waals surface area contributed by atoms with E-state index in [-0.39, 0.29) is 24.2 Å². The zero-order chi connectivity index (χ0) is 16.0. The third kappa shape index (κ3) is 3.15. The third-order valence-electron chi connectivity index (χ3n) is 4.54. The zero-order valence-electron chi connectivity index (χ0n) is 13.7. The van der Waals surface area contributed by atoms with Crippen LogP contribution in [0, 0.1) is 5.41 Å². The first-order valence-electron chi connectivity index (χ1n) is 7.56. The van der Waals surface area contributed by atoms with E-state index in [2.05, 4.69) is 25.7 Å². The first-order chi connectivity index (χ1) is 9.52. The Labute approximate surface area is 126 Å². The van der Waals surface area contributed by atoms with Crippen molar-refractivity contribution in [2.24, 2.45) is 5.41 Å². The molecule has 21 heavy (non-hydrogen) atoms. The number of hydrogen-bond acceptors (Lipinski definition) is 3. The van der Waals surface area contributed by atoms with E-state index >= 15 is 0 Å². The average Bonchev–Trinajstić information content (AvgIpc) is 2.64. The summed E-state index contributed by atoms with van der Waals surface area (Å²) in [4.78, 5) is 29.7. The van der Waals surface area contributed by atoms with Crippen LogP contribution in [-0.2, 0) is 4.79 Å². The number of urea groups is 1. The lowest BCUT2D eigenvalue weighted by molar-refractivity contribution is -0.147. The van der Waals surface area contributed by atoms with Crippen LogP contribution in [0.25, 0.3) is 0 Å². The highest BCUT2D eigenvalue weighted by molar-refractivity contribution is 5.79. The van der Waals surface area contributed by atoms with Crippen LogP contribution in [0.5, 0.6) is 0 Å². The van der Waals surface area contributed by atoms with E-state index in [0.29, 0.717) is 6.54 Å². The van der Waals surface area contributed by atoms with Gasteiger partial charge >= 0.3 is 12.0 Å². The average molecular weight is 297 g/mol. The van der Waals surface area contributed by atoms with Crippen molar-refractivity contribution in [2.45, 2.75) is 46.2 Å². The van der Waals surface area contributed by atoms with E-state index in [9.17, 15) is 14.7 Å². The topological polar surface area (TPSA) is 64.1 Å². The molecule has 0 unspecified atom stereocenters. The van der Waals surface area contributed by atoms with E-state index in [1.54, 1.807) is 18.7 Å². The fourth-order valence-electron chi connectivity index (χ4n) is 3.06. The predicted molar refractivity (Wildman–Crippen MR) is 80.2 cm³/mol. The highest BCUT2D eigenvalue weighted by atomic mass is 16.4. The Morgan fingerprint density at radius 1 is 1.19 bits per heavy atom. The van der Waals surface area contributed by atoms with Gasteiger partial charge in [-0.15, -0.1) is 0 Å². The molecule has 2 rings (SSSR count). The van der Waals surface area contributed by atoms with Gasteiger partial charge in [0, 0.05) is 38.3 Å². The molecule has 6 heteroatoms. The first kappa shape index (κ1) is 16.1. The molecule has 2 saturated heterocycles. The Balaban J connectivity index is 2.05. The van der Waals surface area contributed by atoms with Gasteiger partial charge in [0.05, 0.1) is 11.5 Å². The van der Waals surface area contributed by atoms with Crippen LogP contribution in [0.15, 0.2) is 0 Å². The van der Waals surface area contributed by atoms with Gasteiger partial charge in [0.1, 0.15) is 0 Å². The van der Waals surface area contributed by atoms with Gasteiger partial charge in [-0.1, -0.05) is 0 Å². The van der Waals surface area contributed by atoms with Crippen molar-refractivity contribution in [3.05, 3.63) is 0 Å². The maximum atomic E-state index is 12.4. The minimum absolute atomic E-state index is 0.0112. The summed E-state index contributed by atoms with van der Waals surface area (Å²) in [6.45, 7) is 13.3. The SMILES string of the molecule is CC(C)(CN1C[C@@H]2CN(C(C)(C)C)CCN2C1=O)C(=O)O. The zero-order valence-corrected chi connectivity index (χ0v) is 13.7. The molecule has 0 aliphatic carbocycles. The molecule has 2 heterocycles. The second kappa shape index (κ2) is 5.16. The molecule has 2 fully saturated rings. The maximum absolute atomic E-state index is 12.4. The number of piperazine rings is 1. The molecule has 0 aromatic rings. The summed E-state index contributed by atoms with van der Waals surface area (Å²) < 4.78 is 0. The molecule has 0 saturated carbocycles. The van der Waals surface area contributed by atoms with Crippen LogP contribution in [-0.4, -0.2) is 76.1 Å². The van der Waals surface area contributed by atoms with Crippen molar-refractivity contribution in [3.8, 4) is 0 Å². The van der Waals surface area contributed by atoms with Crippen molar-refractivity contribution in [1.82, 2.24) is 14.7 Å². The van der Waals surface area contributed by atoms with Crippen LogP contribution < -0.4 is 0 Å². The molecule has 0 spiro atoms. The van der Waals surface area contributed by atoms with E-state index in [1.165, 1.54) is 0 Å². The van der Waals surface area contributed by atoms with Crippen molar-refractivity contribution >= 4 is 12.0 Å². The lowest BCUT2D eigenvalue weighted by Gasteiger charge is -2.43. The second-order valence-corrected chi connectivity index (χ2v) is 7.82. The summed E-state index contributed by atoms with van der Waals surface area (Å²) in [7, 11) is 0. The summed E-state index contributed by atoms with van der Waals surface area (Å²) in [6, 6.07) is 0.165. The Kier molecular flexibility index (Phi) is 3.95. The number of amides is 2. The number of rotatable bonds is 3. The Bertz CT molecular complexity index is 442. The second-order valence-electron chi connectivity index (χ2n) is 7.82. The fourth-order valence-corrected chi connectivity index (χ4v) is 3.06. The predicted octanol–water partition coefficient (Wildman–Crippen LogP) is 1.32. The number of carboxylic acid groups (broad SMARTS) is 1. The van der Waals surface area contributed by atoms with Gasteiger partial charge in [-0.05, 0) is 34.6 Å². The van der Waals surface area contributed by atoms with E-state index in [1.807, 2.05) is 4.90 Å². The first-order valence-corrected chi connectivity index (χ1v) is 7.56. The molecule has 1 N–H and O–H groups in total. The molecule has 2 amide bonds. The lowest BCUT2D eigenvalue weighted by atomic mass is 9.93. The molecule has 2 aliphatic rings. The third-order valence-corrected chi connectivity index (χ3v) is 4.54. The van der Waals surface area contributed by atoms with Crippen LogP contribution in [0.3, 0.4) is 0 Å². The molecular formula is C15H27N3O3. The number of carboxylic acids is 1. The highest BCUT2D eigenvalue weighted by Crippen LogP contribution is 2.27. The standard InChI is InChI=1S/C15H27N3O3/c1-14(2,3)17-6-7-18-11(9-17)8-16(13(18)21)10-15(4,5)12(19)20/h11H,6-10H2,1-5H3,(H,19,20)/t11-/m1/s1. The van der Waals surface area contributed by atoms with Gasteiger partial charge in [0.15, 0.2) is 0 Å². The molecule has 0 aromatic carbocycles. The summed E-state index contributed by atoms with van der Waals surface area (Å²) in [5.74, 6) is -0.864. The van der Waals surface area contributed by atoms with Crippen molar-refractivity contribution in [1.29, 1.82) is 0 Å². The number of carbonyl (C=O) groups excluding carboxylic acids is 1. The number of carbonyl (C=O) groups is 2. The molecule has 120 valence electrons. The minimum Gasteiger partial charge on any atom is -0.481 e. The van der Waals surface area contributed by atoms with Crippen LogP contribution in [0.1, 0.15) is 34.6 Å². The lowest BCUT2D eigenvalue weighted by Crippen LogP contribution is -2.57. The van der Waals surface area contributed by atoms with E-state index in [0.717, 1.165) is 19.6 Å². The van der Waals surface area contributed by atoms with E-state index in [4.69, 9.17) is 0 Å². The molecule has 6 nitrogen and oxygen atoms in total. The molecule has 0 aromatic heterocycles. The van der Waals surface area contributed by atoms with Gasteiger partial charge in [-0.25, -0.2) is 4.79 Å². The fraction of sp³-hybridized carbons (Fsp3) is 0.867.